The normalized spacial score (nSPS) is 10.7. The number of benzene rings is 1. The molecular weight excluding hydrogens is 282 g/mol. The average Bonchev–Trinajstić information content (AvgIpc) is 2.31. The quantitative estimate of drug-likeness (QED) is 0.851. The summed E-state index contributed by atoms with van der Waals surface area (Å²) in [4.78, 5) is 19.3. The summed E-state index contributed by atoms with van der Waals surface area (Å²) in [6.45, 7) is 2.52. The maximum Gasteiger partial charge on any atom is 0.251 e. The third-order valence-electron chi connectivity index (χ3n) is 2.45. The highest BCUT2D eigenvalue weighted by Crippen LogP contribution is 2.28. The van der Waals surface area contributed by atoms with Crippen molar-refractivity contribution < 1.29 is 0 Å². The van der Waals surface area contributed by atoms with Gasteiger partial charge >= 0.3 is 0 Å². The van der Waals surface area contributed by atoms with Gasteiger partial charge in [-0.1, -0.05) is 29.4 Å². The lowest BCUT2D eigenvalue weighted by Crippen LogP contribution is -2.08. The van der Waals surface area contributed by atoms with Gasteiger partial charge in [0, 0.05) is 28.2 Å². The predicted octanol–water partition coefficient (Wildman–Crippen LogP) is 2.60. The summed E-state index contributed by atoms with van der Waals surface area (Å²) in [7, 11) is 1.88. The van der Waals surface area contributed by atoms with Crippen molar-refractivity contribution in [3.8, 4) is 0 Å². The van der Waals surface area contributed by atoms with Crippen molar-refractivity contribution in [1.82, 2.24) is 15.3 Å². The molecular formula is C13H14ClN3OS. The summed E-state index contributed by atoms with van der Waals surface area (Å²) in [6.07, 6.45) is 0. The van der Waals surface area contributed by atoms with E-state index >= 15 is 0 Å². The van der Waals surface area contributed by atoms with Gasteiger partial charge in [0.15, 0.2) is 5.16 Å². The van der Waals surface area contributed by atoms with Crippen LogP contribution >= 0.6 is 23.4 Å². The molecule has 1 aromatic heterocycles. The number of H-pyrrole nitrogens is 1. The van der Waals surface area contributed by atoms with E-state index in [1.165, 1.54) is 17.8 Å². The first kappa shape index (κ1) is 14.1. The highest BCUT2D eigenvalue weighted by atomic mass is 35.5. The van der Waals surface area contributed by atoms with Crippen LogP contribution in [0.2, 0.25) is 5.02 Å². The second-order valence-electron chi connectivity index (χ2n) is 4.08. The molecule has 0 aliphatic rings. The number of hydrogen-bond donors (Lipinski definition) is 2. The Bertz CT molecular complexity index is 642. The molecule has 0 fully saturated rings. The van der Waals surface area contributed by atoms with E-state index < -0.39 is 0 Å². The van der Waals surface area contributed by atoms with Gasteiger partial charge in [0.25, 0.3) is 5.56 Å². The Labute approximate surface area is 120 Å². The Balaban J connectivity index is 2.23. The topological polar surface area (TPSA) is 57.8 Å². The van der Waals surface area contributed by atoms with Crippen LogP contribution in [0.3, 0.4) is 0 Å². The molecule has 0 spiro atoms. The molecule has 0 amide bonds. The number of halogens is 1. The predicted molar refractivity (Wildman–Crippen MR) is 77.9 cm³/mol. The summed E-state index contributed by atoms with van der Waals surface area (Å²) >= 11 is 7.58. The van der Waals surface area contributed by atoms with E-state index in [-0.39, 0.29) is 5.56 Å². The third-order valence-corrected chi connectivity index (χ3v) is 3.68. The molecule has 100 valence electrons. The van der Waals surface area contributed by atoms with Gasteiger partial charge in [-0.15, -0.1) is 0 Å². The van der Waals surface area contributed by atoms with E-state index in [9.17, 15) is 4.79 Å². The van der Waals surface area contributed by atoms with E-state index in [4.69, 9.17) is 11.6 Å². The molecule has 0 radical (unpaired) electrons. The van der Waals surface area contributed by atoms with Crippen LogP contribution in [0.4, 0.5) is 0 Å². The van der Waals surface area contributed by atoms with Crippen molar-refractivity contribution in [1.29, 1.82) is 0 Å². The highest BCUT2D eigenvalue weighted by Gasteiger charge is 2.05. The zero-order valence-electron chi connectivity index (χ0n) is 10.7. The van der Waals surface area contributed by atoms with Crippen LogP contribution in [0.5, 0.6) is 0 Å². The monoisotopic (exact) mass is 295 g/mol. The first-order valence-corrected chi connectivity index (χ1v) is 6.97. The largest absolute Gasteiger partial charge is 0.316 e. The van der Waals surface area contributed by atoms with Crippen molar-refractivity contribution in [3.05, 3.63) is 50.9 Å². The molecule has 4 nitrogen and oxygen atoms in total. The van der Waals surface area contributed by atoms with E-state index in [0.717, 1.165) is 17.0 Å². The van der Waals surface area contributed by atoms with Crippen LogP contribution < -0.4 is 10.9 Å². The standard InChI is InChI=1S/C13H14ClN3OS/c1-8-5-12(18)17-13(16-8)19-10-4-3-9(7-15-2)11(14)6-10/h3-6,15H,7H2,1-2H3,(H,16,17,18). The Kier molecular flexibility index (Phi) is 4.63. The number of nitrogens with one attached hydrogen (secondary N) is 2. The van der Waals surface area contributed by atoms with Gasteiger partial charge in [-0.05, 0) is 31.7 Å². The SMILES string of the molecule is CNCc1ccc(Sc2nc(C)cc(=O)[nH]2)cc1Cl. The van der Waals surface area contributed by atoms with E-state index in [1.54, 1.807) is 6.92 Å². The number of rotatable bonds is 4. The molecule has 0 aliphatic carbocycles. The molecule has 2 rings (SSSR count). The second-order valence-corrected chi connectivity index (χ2v) is 5.55. The molecule has 6 heteroatoms. The molecule has 0 bridgehead atoms. The van der Waals surface area contributed by atoms with Gasteiger partial charge in [0.2, 0.25) is 0 Å². The minimum absolute atomic E-state index is 0.145. The summed E-state index contributed by atoms with van der Waals surface area (Å²) in [5, 5.41) is 4.33. The van der Waals surface area contributed by atoms with Crippen molar-refractivity contribution in [2.24, 2.45) is 0 Å². The maximum absolute atomic E-state index is 11.4. The van der Waals surface area contributed by atoms with Crippen LogP contribution in [0.1, 0.15) is 11.3 Å². The second kappa shape index (κ2) is 6.23. The Morgan fingerprint density at radius 2 is 2.21 bits per heavy atom. The lowest BCUT2D eigenvalue weighted by Gasteiger charge is -2.06. The van der Waals surface area contributed by atoms with Crippen molar-refractivity contribution in [2.75, 3.05) is 7.05 Å². The summed E-state index contributed by atoms with van der Waals surface area (Å²) in [6, 6.07) is 7.27. The molecule has 0 unspecified atom stereocenters. The first-order valence-electron chi connectivity index (χ1n) is 5.77. The lowest BCUT2D eigenvalue weighted by atomic mass is 10.2. The smallest absolute Gasteiger partial charge is 0.251 e. The molecule has 0 aliphatic heterocycles. The van der Waals surface area contributed by atoms with Gasteiger partial charge in [-0.25, -0.2) is 4.98 Å². The van der Waals surface area contributed by atoms with Crippen LogP contribution in [0.25, 0.3) is 0 Å². The molecule has 2 N–H and O–H groups in total. The zero-order chi connectivity index (χ0) is 13.8. The highest BCUT2D eigenvalue weighted by molar-refractivity contribution is 7.99. The number of hydrogen-bond acceptors (Lipinski definition) is 4. The first-order chi connectivity index (χ1) is 9.08. The molecule has 0 atom stereocenters. The van der Waals surface area contributed by atoms with Crippen LogP contribution in [-0.4, -0.2) is 17.0 Å². The summed E-state index contributed by atoms with van der Waals surface area (Å²) in [5.74, 6) is 0. The molecule has 1 heterocycles. The van der Waals surface area contributed by atoms with E-state index in [0.29, 0.717) is 15.9 Å². The van der Waals surface area contributed by atoms with Crippen molar-refractivity contribution in [2.45, 2.75) is 23.5 Å². The van der Waals surface area contributed by atoms with Gasteiger partial charge < -0.3 is 10.3 Å². The average molecular weight is 296 g/mol. The zero-order valence-corrected chi connectivity index (χ0v) is 12.2. The summed E-state index contributed by atoms with van der Waals surface area (Å²) < 4.78 is 0. The van der Waals surface area contributed by atoms with E-state index in [1.807, 2.05) is 25.2 Å². The lowest BCUT2D eigenvalue weighted by molar-refractivity contribution is 0.817. The Morgan fingerprint density at radius 3 is 2.84 bits per heavy atom. The molecule has 0 saturated carbocycles. The molecule has 1 aromatic carbocycles. The van der Waals surface area contributed by atoms with Crippen LogP contribution in [-0.2, 0) is 6.54 Å². The molecule has 2 aromatic rings. The van der Waals surface area contributed by atoms with Gasteiger partial charge in [0.05, 0.1) is 0 Å². The Hall–Kier alpha value is -1.30. The van der Waals surface area contributed by atoms with Gasteiger partial charge in [-0.3, -0.25) is 4.79 Å². The fourth-order valence-corrected chi connectivity index (χ4v) is 2.83. The van der Waals surface area contributed by atoms with Gasteiger partial charge in [-0.2, -0.15) is 0 Å². The number of aryl methyl sites for hydroxylation is 1. The number of nitrogens with zero attached hydrogens (tertiary/aromatic N) is 1. The van der Waals surface area contributed by atoms with Crippen molar-refractivity contribution >= 4 is 23.4 Å². The Morgan fingerprint density at radius 1 is 1.42 bits per heavy atom. The van der Waals surface area contributed by atoms with Crippen LogP contribution in [0.15, 0.2) is 39.1 Å². The van der Waals surface area contributed by atoms with Crippen LogP contribution in [0, 0.1) is 6.92 Å². The maximum atomic E-state index is 11.4. The fraction of sp³-hybridized carbons (Fsp3) is 0.231. The summed E-state index contributed by atoms with van der Waals surface area (Å²) in [5.41, 5.74) is 1.59. The minimum Gasteiger partial charge on any atom is -0.316 e. The molecule has 0 saturated heterocycles. The number of aromatic amines is 1. The van der Waals surface area contributed by atoms with Crippen molar-refractivity contribution in [3.63, 3.8) is 0 Å². The molecule has 19 heavy (non-hydrogen) atoms. The minimum atomic E-state index is -0.145. The van der Waals surface area contributed by atoms with E-state index in [2.05, 4.69) is 15.3 Å². The number of aromatic nitrogens is 2. The fourth-order valence-electron chi connectivity index (χ4n) is 1.64. The van der Waals surface area contributed by atoms with Gasteiger partial charge in [0.1, 0.15) is 0 Å². The third kappa shape index (κ3) is 3.83.